The van der Waals surface area contributed by atoms with Gasteiger partial charge in [-0.2, -0.15) is 13.2 Å². The minimum absolute atomic E-state index is 0.0457. The molecule has 0 heterocycles. The molecule has 1 N–H and O–H groups in total. The fourth-order valence-electron chi connectivity index (χ4n) is 4.10. The maximum absolute atomic E-state index is 12.8. The van der Waals surface area contributed by atoms with E-state index in [2.05, 4.69) is 5.32 Å². The first kappa shape index (κ1) is 16.7. The zero-order valence-electron chi connectivity index (χ0n) is 13.2. The number of fused-ring (bicyclic) bond motifs is 2. The van der Waals surface area contributed by atoms with Gasteiger partial charge in [0.2, 0.25) is 17.5 Å². The lowest BCUT2D eigenvalue weighted by Gasteiger charge is -2.33. The van der Waals surface area contributed by atoms with E-state index in [4.69, 9.17) is 0 Å². The van der Waals surface area contributed by atoms with Crippen LogP contribution >= 0.6 is 0 Å². The molecule has 2 aliphatic carbocycles. The topological polar surface area (TPSA) is 63.2 Å². The van der Waals surface area contributed by atoms with Gasteiger partial charge in [0.15, 0.2) is 0 Å². The van der Waals surface area contributed by atoms with Crippen molar-refractivity contribution in [3.05, 3.63) is 29.8 Å². The average molecular weight is 339 g/mol. The van der Waals surface area contributed by atoms with Crippen LogP contribution in [0.15, 0.2) is 24.3 Å². The molecule has 2 fully saturated rings. The second-order valence-electron chi connectivity index (χ2n) is 6.94. The predicted molar refractivity (Wildman–Crippen MR) is 79.0 cm³/mol. The van der Waals surface area contributed by atoms with Gasteiger partial charge < -0.3 is 5.32 Å². The minimum atomic E-state index is -4.53. The first-order valence-corrected chi connectivity index (χ1v) is 7.59. The van der Waals surface area contributed by atoms with Crippen LogP contribution in [0.4, 0.5) is 18.9 Å². The molecule has 2 bridgehead atoms. The number of carbonyl (C=O) groups excluding carboxylic acids is 3. The van der Waals surface area contributed by atoms with E-state index in [0.29, 0.717) is 6.42 Å². The van der Waals surface area contributed by atoms with Gasteiger partial charge in [0.1, 0.15) is 5.41 Å². The van der Waals surface area contributed by atoms with Crippen LogP contribution in [0, 0.1) is 16.7 Å². The summed E-state index contributed by atoms with van der Waals surface area (Å²) in [5, 5.41) is 2.41. The summed E-state index contributed by atoms with van der Waals surface area (Å²) in [5.74, 6) is -2.49. The van der Waals surface area contributed by atoms with Crippen molar-refractivity contribution in [3.8, 4) is 0 Å². The van der Waals surface area contributed by atoms with Gasteiger partial charge in [-0.1, -0.05) is 19.9 Å². The third kappa shape index (κ3) is 2.03. The quantitative estimate of drug-likeness (QED) is 0.665. The zero-order valence-corrected chi connectivity index (χ0v) is 13.2. The lowest BCUT2D eigenvalue weighted by molar-refractivity contribution is -0.147. The third-order valence-electron chi connectivity index (χ3n) is 5.54. The van der Waals surface area contributed by atoms with Crippen LogP contribution in [0.25, 0.3) is 0 Å². The van der Waals surface area contributed by atoms with Crippen LogP contribution in [-0.4, -0.2) is 17.5 Å². The van der Waals surface area contributed by atoms with Crippen LogP contribution in [0.5, 0.6) is 0 Å². The van der Waals surface area contributed by atoms with Crippen molar-refractivity contribution in [1.82, 2.24) is 0 Å². The number of amides is 1. The summed E-state index contributed by atoms with van der Waals surface area (Å²) >= 11 is 0. The number of hydrogen-bond donors (Lipinski definition) is 1. The Balaban J connectivity index is 1.94. The Bertz CT molecular complexity index is 754. The van der Waals surface area contributed by atoms with E-state index in [0.717, 1.165) is 12.1 Å². The fourth-order valence-corrected chi connectivity index (χ4v) is 4.10. The SMILES string of the molecule is CC1(C)[C@@H]2CC[C@]1(C(=O)Nc1cccc(C(F)(F)F)c1)C(=O)C2=O. The Morgan fingerprint density at radius 2 is 1.92 bits per heavy atom. The minimum Gasteiger partial charge on any atom is -0.325 e. The largest absolute Gasteiger partial charge is 0.416 e. The number of nitrogens with one attached hydrogen (secondary N) is 1. The molecule has 1 aromatic carbocycles. The van der Waals surface area contributed by atoms with E-state index in [9.17, 15) is 27.6 Å². The number of alkyl halides is 3. The number of halogens is 3. The smallest absolute Gasteiger partial charge is 0.325 e. The van der Waals surface area contributed by atoms with Crippen LogP contribution in [0.3, 0.4) is 0 Å². The lowest BCUT2D eigenvalue weighted by atomic mass is 9.68. The highest BCUT2D eigenvalue weighted by atomic mass is 19.4. The Morgan fingerprint density at radius 1 is 1.25 bits per heavy atom. The number of carbonyl (C=O) groups is 3. The standard InChI is InChI=1S/C17H16F3NO3/c1-15(2)11-6-7-16(15,13(23)12(11)22)14(24)21-10-5-3-4-9(8-10)17(18,19)20/h3-5,8,11H,6-7H2,1-2H3,(H,21,24)/t11-,16-/m1/s1. The van der Waals surface area contributed by atoms with Crippen molar-refractivity contribution in [1.29, 1.82) is 0 Å². The molecule has 0 radical (unpaired) electrons. The van der Waals surface area contributed by atoms with Gasteiger partial charge in [-0.25, -0.2) is 0 Å². The molecule has 2 atom stereocenters. The average Bonchev–Trinajstić information content (AvgIpc) is 2.83. The molecule has 128 valence electrons. The molecule has 2 aliphatic rings. The van der Waals surface area contributed by atoms with E-state index in [1.165, 1.54) is 12.1 Å². The van der Waals surface area contributed by atoms with E-state index < -0.39 is 46.0 Å². The van der Waals surface area contributed by atoms with Crippen molar-refractivity contribution in [2.75, 3.05) is 5.32 Å². The van der Waals surface area contributed by atoms with E-state index >= 15 is 0 Å². The molecule has 3 rings (SSSR count). The predicted octanol–water partition coefficient (Wildman–Crippen LogP) is 3.22. The van der Waals surface area contributed by atoms with Gasteiger partial charge in [0, 0.05) is 11.6 Å². The maximum Gasteiger partial charge on any atom is 0.416 e. The highest BCUT2D eigenvalue weighted by molar-refractivity contribution is 6.48. The number of Topliss-reactive ketones (excluding diaryl/α,β-unsaturated/α-hetero) is 2. The molecule has 0 spiro atoms. The lowest BCUT2D eigenvalue weighted by Crippen LogP contribution is -2.47. The van der Waals surface area contributed by atoms with E-state index in [-0.39, 0.29) is 12.1 Å². The molecule has 0 saturated heterocycles. The number of ketones is 2. The van der Waals surface area contributed by atoms with Crippen LogP contribution in [0.1, 0.15) is 32.3 Å². The van der Waals surface area contributed by atoms with Crippen molar-refractivity contribution >= 4 is 23.2 Å². The zero-order chi connectivity index (χ0) is 17.9. The summed E-state index contributed by atoms with van der Waals surface area (Å²) in [5.41, 5.74) is -3.28. The number of anilines is 1. The third-order valence-corrected chi connectivity index (χ3v) is 5.54. The van der Waals surface area contributed by atoms with Crippen LogP contribution in [-0.2, 0) is 20.6 Å². The first-order valence-electron chi connectivity index (χ1n) is 7.59. The Labute approximate surface area is 136 Å². The summed E-state index contributed by atoms with van der Waals surface area (Å²) in [6.07, 6.45) is -3.86. The van der Waals surface area contributed by atoms with Gasteiger partial charge >= 0.3 is 6.18 Å². The van der Waals surface area contributed by atoms with E-state index in [1.54, 1.807) is 13.8 Å². The Morgan fingerprint density at radius 3 is 2.46 bits per heavy atom. The summed E-state index contributed by atoms with van der Waals surface area (Å²) in [7, 11) is 0. The molecule has 4 nitrogen and oxygen atoms in total. The van der Waals surface area contributed by atoms with Gasteiger partial charge in [0.25, 0.3) is 0 Å². The first-order chi connectivity index (χ1) is 11.0. The monoisotopic (exact) mass is 339 g/mol. The Kier molecular flexibility index (Phi) is 3.41. The highest BCUT2D eigenvalue weighted by Gasteiger charge is 2.72. The molecular formula is C17H16F3NO3. The fraction of sp³-hybridized carbons (Fsp3) is 0.471. The van der Waals surface area contributed by atoms with Gasteiger partial charge in [-0.15, -0.1) is 0 Å². The Hall–Kier alpha value is -2.18. The van der Waals surface area contributed by atoms with Crippen LogP contribution in [0.2, 0.25) is 0 Å². The van der Waals surface area contributed by atoms with Crippen molar-refractivity contribution in [2.24, 2.45) is 16.7 Å². The maximum atomic E-state index is 12.8. The molecule has 24 heavy (non-hydrogen) atoms. The number of hydrogen-bond acceptors (Lipinski definition) is 3. The van der Waals surface area contributed by atoms with Crippen molar-refractivity contribution < 1.29 is 27.6 Å². The molecule has 1 amide bonds. The second kappa shape index (κ2) is 4.91. The van der Waals surface area contributed by atoms with Crippen LogP contribution < -0.4 is 5.32 Å². The summed E-state index contributed by atoms with van der Waals surface area (Å²) in [6.45, 7) is 3.39. The second-order valence-corrected chi connectivity index (χ2v) is 6.94. The molecule has 0 unspecified atom stereocenters. The van der Waals surface area contributed by atoms with Gasteiger partial charge in [-0.3, -0.25) is 14.4 Å². The van der Waals surface area contributed by atoms with E-state index in [1.807, 2.05) is 0 Å². The normalized spacial score (nSPS) is 28.3. The number of rotatable bonds is 2. The summed E-state index contributed by atoms with van der Waals surface area (Å²) < 4.78 is 38.3. The van der Waals surface area contributed by atoms with Gasteiger partial charge in [0.05, 0.1) is 5.56 Å². The van der Waals surface area contributed by atoms with Crippen molar-refractivity contribution in [3.63, 3.8) is 0 Å². The van der Waals surface area contributed by atoms with Crippen molar-refractivity contribution in [2.45, 2.75) is 32.9 Å². The number of benzene rings is 1. The molecule has 2 saturated carbocycles. The molecular weight excluding hydrogens is 323 g/mol. The molecule has 1 aromatic rings. The molecule has 0 aliphatic heterocycles. The molecule has 0 aromatic heterocycles. The molecule has 7 heteroatoms. The summed E-state index contributed by atoms with van der Waals surface area (Å²) in [6, 6.07) is 4.22. The van der Waals surface area contributed by atoms with Gasteiger partial charge in [-0.05, 0) is 36.5 Å². The highest BCUT2D eigenvalue weighted by Crippen LogP contribution is 2.62. The summed E-state index contributed by atoms with van der Waals surface area (Å²) in [4.78, 5) is 37.2.